The number of nitrogens with zero attached hydrogens (tertiary/aromatic N) is 5. The number of methoxy groups -OCH3 is 2. The van der Waals surface area contributed by atoms with E-state index < -0.39 is 0 Å². The van der Waals surface area contributed by atoms with Crippen molar-refractivity contribution in [2.45, 2.75) is 32.7 Å². The van der Waals surface area contributed by atoms with Gasteiger partial charge in [-0.15, -0.1) is 0 Å². The molecule has 0 aliphatic carbocycles. The zero-order chi connectivity index (χ0) is 28.5. The minimum Gasteiger partial charge on any atom is -0.493 e. The number of benzene rings is 2. The summed E-state index contributed by atoms with van der Waals surface area (Å²) >= 11 is 0. The molecule has 1 N–H and O–H groups in total. The molecule has 6 rings (SSSR count). The number of ether oxygens (including phenoxy) is 3. The highest BCUT2D eigenvalue weighted by molar-refractivity contribution is 5.93. The molecule has 2 aliphatic heterocycles. The Morgan fingerprint density at radius 3 is 2.39 bits per heavy atom. The number of fused-ring (bicyclic) bond motifs is 2. The fourth-order valence-corrected chi connectivity index (χ4v) is 5.89. The van der Waals surface area contributed by atoms with Gasteiger partial charge in [0.25, 0.3) is 5.56 Å². The van der Waals surface area contributed by atoms with E-state index in [4.69, 9.17) is 24.2 Å². The minimum atomic E-state index is -0.351. The third-order valence-electron chi connectivity index (χ3n) is 8.28. The summed E-state index contributed by atoms with van der Waals surface area (Å²) in [7, 11) is 3.26. The fourth-order valence-electron chi connectivity index (χ4n) is 5.89. The number of nitrogens with one attached hydrogen (secondary N) is 1. The topological polar surface area (TPSA) is 115 Å². The van der Waals surface area contributed by atoms with Crippen molar-refractivity contribution in [2.75, 3.05) is 63.4 Å². The van der Waals surface area contributed by atoms with Gasteiger partial charge in [-0.2, -0.15) is 4.98 Å². The van der Waals surface area contributed by atoms with E-state index in [0.717, 1.165) is 67.7 Å². The lowest BCUT2D eigenvalue weighted by Gasteiger charge is -2.34. The number of morpholine rings is 1. The van der Waals surface area contributed by atoms with Crippen LogP contribution >= 0.6 is 0 Å². The summed E-state index contributed by atoms with van der Waals surface area (Å²) < 4.78 is 18.0. The molecule has 11 heteroatoms. The van der Waals surface area contributed by atoms with Gasteiger partial charge in [-0.05, 0) is 50.3 Å². The Balaban J connectivity index is 1.23. The number of hydrogen-bond acceptors (Lipinski definition) is 9. The van der Waals surface area contributed by atoms with Gasteiger partial charge in [-0.3, -0.25) is 9.36 Å². The molecule has 0 spiro atoms. The van der Waals surface area contributed by atoms with Crippen LogP contribution in [0.1, 0.15) is 24.8 Å². The molecule has 216 valence electrons. The van der Waals surface area contributed by atoms with Crippen LogP contribution in [0.4, 0.5) is 11.8 Å². The highest BCUT2D eigenvalue weighted by atomic mass is 16.5. The van der Waals surface area contributed by atoms with Crippen molar-refractivity contribution in [3.63, 3.8) is 0 Å². The normalized spacial score (nSPS) is 16.5. The second-order valence-corrected chi connectivity index (χ2v) is 10.8. The summed E-state index contributed by atoms with van der Waals surface area (Å²) in [6, 6.07) is 9.40. The molecule has 4 aromatic rings. The zero-order valence-corrected chi connectivity index (χ0v) is 23.8. The molecule has 41 heavy (non-hydrogen) atoms. The minimum absolute atomic E-state index is 0.225. The molecule has 0 atom stereocenters. The van der Waals surface area contributed by atoms with Crippen molar-refractivity contribution in [2.24, 2.45) is 5.92 Å². The standard InChI is InChI=1S/C30H36N6O5/c1-19-4-5-23-22(16-19)28(37)36(30(38)32-23)11-8-20-6-9-34(10-7-20)27-21-17-25(39-2)26(40-3)18-24(21)31-29(33-27)35-12-14-41-15-13-35/h4-5,16-18,20H,6-15H2,1-3H3,(H,32,38). The van der Waals surface area contributed by atoms with Gasteiger partial charge in [0.05, 0.1) is 43.9 Å². The molecular formula is C30H36N6O5. The van der Waals surface area contributed by atoms with Crippen LogP contribution in [0.2, 0.25) is 0 Å². The number of anilines is 2. The number of rotatable bonds is 7. The van der Waals surface area contributed by atoms with Crippen molar-refractivity contribution >= 4 is 33.6 Å². The Bertz CT molecular complexity index is 1690. The number of piperidine rings is 1. The van der Waals surface area contributed by atoms with E-state index >= 15 is 0 Å². The van der Waals surface area contributed by atoms with E-state index in [2.05, 4.69) is 14.8 Å². The first kappa shape index (κ1) is 27.1. The molecule has 2 aromatic carbocycles. The summed E-state index contributed by atoms with van der Waals surface area (Å²) in [6.45, 7) is 6.76. The van der Waals surface area contributed by atoms with Gasteiger partial charge in [-0.25, -0.2) is 9.78 Å². The predicted molar refractivity (Wildman–Crippen MR) is 159 cm³/mol. The molecule has 2 saturated heterocycles. The third-order valence-corrected chi connectivity index (χ3v) is 8.28. The lowest BCUT2D eigenvalue weighted by atomic mass is 9.93. The molecule has 4 heterocycles. The van der Waals surface area contributed by atoms with Crippen molar-refractivity contribution < 1.29 is 14.2 Å². The van der Waals surface area contributed by atoms with Crippen LogP contribution in [0.15, 0.2) is 39.9 Å². The first-order valence-electron chi connectivity index (χ1n) is 14.2. The smallest absolute Gasteiger partial charge is 0.328 e. The average Bonchev–Trinajstić information content (AvgIpc) is 3.01. The van der Waals surface area contributed by atoms with E-state index in [-0.39, 0.29) is 11.2 Å². The van der Waals surface area contributed by atoms with E-state index in [9.17, 15) is 9.59 Å². The second-order valence-electron chi connectivity index (χ2n) is 10.8. The second kappa shape index (κ2) is 11.4. The number of aromatic amines is 1. The van der Waals surface area contributed by atoms with Gasteiger partial charge in [0.2, 0.25) is 5.95 Å². The summed E-state index contributed by atoms with van der Waals surface area (Å²) in [5.41, 5.74) is 1.80. The Labute approximate surface area is 237 Å². The van der Waals surface area contributed by atoms with Gasteiger partial charge >= 0.3 is 5.69 Å². The van der Waals surface area contributed by atoms with E-state index in [0.29, 0.717) is 54.0 Å². The number of H-pyrrole nitrogens is 1. The summed E-state index contributed by atoms with van der Waals surface area (Å²) in [6.07, 6.45) is 2.64. The SMILES string of the molecule is COc1cc2nc(N3CCOCC3)nc(N3CCC(CCn4c(=O)[nH]c5ccc(C)cc5c4=O)CC3)c2cc1OC. The largest absolute Gasteiger partial charge is 0.493 e. The number of hydrogen-bond donors (Lipinski definition) is 1. The first-order valence-corrected chi connectivity index (χ1v) is 14.2. The van der Waals surface area contributed by atoms with Crippen LogP contribution in [0.5, 0.6) is 11.5 Å². The third kappa shape index (κ3) is 5.33. The molecule has 0 unspecified atom stereocenters. The van der Waals surface area contributed by atoms with Crippen LogP contribution in [0, 0.1) is 12.8 Å². The summed E-state index contributed by atoms with van der Waals surface area (Å²) in [5, 5.41) is 1.47. The quantitative estimate of drug-likeness (QED) is 0.364. The van der Waals surface area contributed by atoms with Gasteiger partial charge in [0.15, 0.2) is 11.5 Å². The Kier molecular flexibility index (Phi) is 7.53. The lowest BCUT2D eigenvalue weighted by Crippen LogP contribution is -2.39. The first-order chi connectivity index (χ1) is 19.9. The van der Waals surface area contributed by atoms with Crippen LogP contribution in [-0.2, 0) is 11.3 Å². The molecular weight excluding hydrogens is 524 g/mol. The maximum absolute atomic E-state index is 13.1. The summed E-state index contributed by atoms with van der Waals surface area (Å²) in [4.78, 5) is 43.1. The molecule has 2 aliphatic rings. The van der Waals surface area contributed by atoms with E-state index in [1.165, 1.54) is 4.57 Å². The van der Waals surface area contributed by atoms with Crippen LogP contribution in [-0.4, -0.2) is 73.1 Å². The maximum atomic E-state index is 13.1. The maximum Gasteiger partial charge on any atom is 0.328 e. The molecule has 0 saturated carbocycles. The lowest BCUT2D eigenvalue weighted by molar-refractivity contribution is 0.122. The zero-order valence-electron chi connectivity index (χ0n) is 23.8. The Hall–Kier alpha value is -4.12. The van der Waals surface area contributed by atoms with Crippen molar-refractivity contribution in [1.29, 1.82) is 0 Å². The molecule has 0 amide bonds. The summed E-state index contributed by atoms with van der Waals surface area (Å²) in [5.74, 6) is 3.24. The number of aryl methyl sites for hydroxylation is 1. The average molecular weight is 561 g/mol. The molecule has 0 radical (unpaired) electrons. The van der Waals surface area contributed by atoms with Gasteiger partial charge < -0.3 is 29.0 Å². The Morgan fingerprint density at radius 1 is 0.927 bits per heavy atom. The predicted octanol–water partition coefficient (Wildman–Crippen LogP) is 3.10. The van der Waals surface area contributed by atoms with Crippen LogP contribution in [0.25, 0.3) is 21.8 Å². The fraction of sp³-hybridized carbons (Fsp3) is 0.467. The number of aromatic nitrogens is 4. The highest BCUT2D eigenvalue weighted by Gasteiger charge is 2.25. The van der Waals surface area contributed by atoms with Crippen LogP contribution < -0.4 is 30.5 Å². The Morgan fingerprint density at radius 2 is 1.66 bits per heavy atom. The van der Waals surface area contributed by atoms with Gasteiger partial charge in [0.1, 0.15) is 5.82 Å². The molecule has 2 fully saturated rings. The van der Waals surface area contributed by atoms with E-state index in [1.54, 1.807) is 20.3 Å². The van der Waals surface area contributed by atoms with Gasteiger partial charge in [-0.1, -0.05) is 11.6 Å². The van der Waals surface area contributed by atoms with Gasteiger partial charge in [0, 0.05) is 44.2 Å². The molecule has 2 aromatic heterocycles. The van der Waals surface area contributed by atoms with Crippen molar-refractivity contribution in [3.05, 3.63) is 56.7 Å². The van der Waals surface area contributed by atoms with Crippen molar-refractivity contribution in [1.82, 2.24) is 19.5 Å². The van der Waals surface area contributed by atoms with Crippen LogP contribution in [0.3, 0.4) is 0 Å². The van der Waals surface area contributed by atoms with E-state index in [1.807, 2.05) is 31.2 Å². The highest BCUT2D eigenvalue weighted by Crippen LogP contribution is 2.37. The van der Waals surface area contributed by atoms with Crippen molar-refractivity contribution in [3.8, 4) is 11.5 Å². The molecule has 0 bridgehead atoms. The molecule has 11 nitrogen and oxygen atoms in total. The monoisotopic (exact) mass is 560 g/mol.